The highest BCUT2D eigenvalue weighted by Crippen LogP contribution is 2.25. The lowest BCUT2D eigenvalue weighted by Crippen LogP contribution is -2.44. The van der Waals surface area contributed by atoms with E-state index in [9.17, 15) is 4.79 Å². The minimum absolute atomic E-state index is 0. The Hall–Kier alpha value is -0.520. The van der Waals surface area contributed by atoms with E-state index in [2.05, 4.69) is 10.2 Å². The Morgan fingerprint density at radius 2 is 2.09 bits per heavy atom. The summed E-state index contributed by atoms with van der Waals surface area (Å²) in [6.07, 6.45) is 4.42. The molecule has 1 aliphatic heterocycles. The van der Waals surface area contributed by atoms with Crippen LogP contribution in [0.15, 0.2) is 18.2 Å². The predicted octanol–water partition coefficient (Wildman–Crippen LogP) is 3.56. The van der Waals surface area contributed by atoms with Crippen molar-refractivity contribution in [3.63, 3.8) is 0 Å². The summed E-state index contributed by atoms with van der Waals surface area (Å²) in [5, 5.41) is 3.78. The largest absolute Gasteiger partial charge is 0.330 e. The molecule has 1 atom stereocenters. The van der Waals surface area contributed by atoms with Gasteiger partial charge in [0.2, 0.25) is 5.91 Å². The van der Waals surface area contributed by atoms with Gasteiger partial charge in [0.25, 0.3) is 0 Å². The number of hydrogen-bond donors (Lipinski definition) is 2. The van der Waals surface area contributed by atoms with Crippen LogP contribution in [0.1, 0.15) is 25.7 Å². The Kier molecular flexibility index (Phi) is 8.50. The number of halogens is 3. The molecule has 1 unspecified atom stereocenters. The number of nitrogens with one attached hydrogen (secondary N) is 1. The lowest BCUT2D eigenvalue weighted by molar-refractivity contribution is -0.118. The molecule has 1 heterocycles. The first-order valence-corrected chi connectivity index (χ1v) is 8.05. The molecular formula is C15H22Cl3N3O. The van der Waals surface area contributed by atoms with Gasteiger partial charge in [-0.05, 0) is 50.6 Å². The molecule has 124 valence electrons. The highest BCUT2D eigenvalue weighted by atomic mass is 35.5. The van der Waals surface area contributed by atoms with Crippen molar-refractivity contribution in [2.75, 3.05) is 25.0 Å². The summed E-state index contributed by atoms with van der Waals surface area (Å²) in [6, 6.07) is 5.51. The summed E-state index contributed by atoms with van der Waals surface area (Å²) in [6.45, 7) is 2.01. The number of nitrogens with zero attached hydrogens (tertiary/aromatic N) is 1. The summed E-state index contributed by atoms with van der Waals surface area (Å²) in [7, 11) is 0. The van der Waals surface area contributed by atoms with E-state index in [1.807, 2.05) is 0 Å². The fraction of sp³-hybridized carbons (Fsp3) is 0.533. The van der Waals surface area contributed by atoms with Crippen molar-refractivity contribution in [2.24, 2.45) is 5.73 Å². The monoisotopic (exact) mass is 365 g/mol. The third-order valence-corrected chi connectivity index (χ3v) is 4.54. The fourth-order valence-corrected chi connectivity index (χ4v) is 3.04. The number of nitrogens with two attached hydrogens (primary N) is 1. The first kappa shape index (κ1) is 19.5. The lowest BCUT2D eigenvalue weighted by Gasteiger charge is -2.35. The number of hydrogen-bond acceptors (Lipinski definition) is 3. The zero-order valence-electron chi connectivity index (χ0n) is 12.4. The first-order chi connectivity index (χ1) is 10.1. The van der Waals surface area contributed by atoms with Gasteiger partial charge in [-0.2, -0.15) is 0 Å². The van der Waals surface area contributed by atoms with Crippen LogP contribution in [0.4, 0.5) is 5.69 Å². The number of anilines is 1. The van der Waals surface area contributed by atoms with Crippen LogP contribution < -0.4 is 11.1 Å². The second-order valence-electron chi connectivity index (χ2n) is 5.37. The Labute approximate surface area is 147 Å². The van der Waals surface area contributed by atoms with Crippen molar-refractivity contribution in [1.29, 1.82) is 0 Å². The van der Waals surface area contributed by atoms with Gasteiger partial charge < -0.3 is 11.1 Å². The van der Waals surface area contributed by atoms with Crippen molar-refractivity contribution in [3.8, 4) is 0 Å². The van der Waals surface area contributed by atoms with Crippen molar-refractivity contribution in [1.82, 2.24) is 4.90 Å². The number of carbonyl (C=O) groups is 1. The van der Waals surface area contributed by atoms with Gasteiger partial charge in [0.05, 0.1) is 16.6 Å². The van der Waals surface area contributed by atoms with Gasteiger partial charge in [0.1, 0.15) is 0 Å². The van der Waals surface area contributed by atoms with Gasteiger partial charge in [-0.3, -0.25) is 9.69 Å². The summed E-state index contributed by atoms with van der Waals surface area (Å²) in [4.78, 5) is 14.4. The van der Waals surface area contributed by atoms with Crippen LogP contribution in [0.5, 0.6) is 0 Å². The van der Waals surface area contributed by atoms with Crippen LogP contribution in [0.3, 0.4) is 0 Å². The van der Waals surface area contributed by atoms with E-state index in [0.717, 1.165) is 25.8 Å². The van der Waals surface area contributed by atoms with E-state index in [1.165, 1.54) is 6.42 Å². The first-order valence-electron chi connectivity index (χ1n) is 7.29. The molecule has 1 fully saturated rings. The van der Waals surface area contributed by atoms with Gasteiger partial charge in [0.15, 0.2) is 0 Å². The van der Waals surface area contributed by atoms with E-state index in [-0.39, 0.29) is 18.3 Å². The van der Waals surface area contributed by atoms with Crippen LogP contribution in [-0.4, -0.2) is 36.5 Å². The third kappa shape index (κ3) is 5.60. The minimum atomic E-state index is -0.0303. The molecule has 0 aromatic heterocycles. The highest BCUT2D eigenvalue weighted by molar-refractivity contribution is 6.42. The molecule has 1 aromatic rings. The Bertz CT molecular complexity index is 497. The zero-order chi connectivity index (χ0) is 15.2. The summed E-state index contributed by atoms with van der Waals surface area (Å²) in [5.74, 6) is -0.0303. The molecule has 1 aromatic carbocycles. The Morgan fingerprint density at radius 1 is 1.32 bits per heavy atom. The molecular weight excluding hydrogens is 345 g/mol. The average Bonchev–Trinajstić information content (AvgIpc) is 2.45. The summed E-state index contributed by atoms with van der Waals surface area (Å²) < 4.78 is 0. The van der Waals surface area contributed by atoms with E-state index in [0.29, 0.717) is 34.9 Å². The standard InChI is InChI=1S/C15H21Cl2N3O.ClH/c16-13-5-4-11(9-14(13)17)19-15(21)10-20-8-2-1-3-12(20)6-7-18;/h4-5,9,12H,1-3,6-8,10,18H2,(H,19,21);1H. The smallest absolute Gasteiger partial charge is 0.238 e. The van der Waals surface area contributed by atoms with Crippen LogP contribution in [0, 0.1) is 0 Å². The number of amides is 1. The van der Waals surface area contributed by atoms with Crippen LogP contribution in [0.2, 0.25) is 10.0 Å². The van der Waals surface area contributed by atoms with Crippen LogP contribution in [-0.2, 0) is 4.79 Å². The van der Waals surface area contributed by atoms with Crippen molar-refractivity contribution >= 4 is 47.2 Å². The molecule has 1 amide bonds. The molecule has 4 nitrogen and oxygen atoms in total. The molecule has 7 heteroatoms. The minimum Gasteiger partial charge on any atom is -0.330 e. The maximum atomic E-state index is 12.2. The Balaban J connectivity index is 0.00000242. The van der Waals surface area contributed by atoms with Crippen molar-refractivity contribution < 1.29 is 4.79 Å². The molecule has 0 saturated carbocycles. The number of carbonyl (C=O) groups excluding carboxylic acids is 1. The molecule has 1 saturated heterocycles. The second-order valence-corrected chi connectivity index (χ2v) is 6.19. The van der Waals surface area contributed by atoms with Crippen LogP contribution in [0.25, 0.3) is 0 Å². The quantitative estimate of drug-likeness (QED) is 0.837. The van der Waals surface area contributed by atoms with E-state index < -0.39 is 0 Å². The Morgan fingerprint density at radius 3 is 2.77 bits per heavy atom. The lowest BCUT2D eigenvalue weighted by atomic mass is 9.99. The van der Waals surface area contributed by atoms with Crippen molar-refractivity contribution in [3.05, 3.63) is 28.2 Å². The normalized spacial score (nSPS) is 18.6. The topological polar surface area (TPSA) is 58.4 Å². The average molecular weight is 367 g/mol. The van der Waals surface area contributed by atoms with Gasteiger partial charge in [-0.15, -0.1) is 12.4 Å². The number of piperidine rings is 1. The molecule has 2 rings (SSSR count). The van der Waals surface area contributed by atoms with Crippen LogP contribution >= 0.6 is 35.6 Å². The molecule has 22 heavy (non-hydrogen) atoms. The third-order valence-electron chi connectivity index (χ3n) is 3.80. The van der Waals surface area contributed by atoms with Crippen molar-refractivity contribution in [2.45, 2.75) is 31.7 Å². The van der Waals surface area contributed by atoms with Gasteiger partial charge in [-0.1, -0.05) is 29.6 Å². The molecule has 1 aliphatic rings. The second kappa shape index (κ2) is 9.58. The zero-order valence-corrected chi connectivity index (χ0v) is 14.7. The fourth-order valence-electron chi connectivity index (χ4n) is 2.75. The summed E-state index contributed by atoms with van der Waals surface area (Å²) in [5.41, 5.74) is 6.32. The number of benzene rings is 1. The highest BCUT2D eigenvalue weighted by Gasteiger charge is 2.23. The molecule has 0 radical (unpaired) electrons. The van der Waals surface area contributed by atoms with Gasteiger partial charge >= 0.3 is 0 Å². The molecule has 0 aliphatic carbocycles. The number of rotatable bonds is 5. The summed E-state index contributed by atoms with van der Waals surface area (Å²) >= 11 is 11.8. The maximum absolute atomic E-state index is 12.2. The molecule has 3 N–H and O–H groups in total. The SMILES string of the molecule is Cl.NCCC1CCCCN1CC(=O)Nc1ccc(Cl)c(Cl)c1. The van der Waals surface area contributed by atoms with E-state index in [4.69, 9.17) is 28.9 Å². The van der Waals surface area contributed by atoms with E-state index >= 15 is 0 Å². The van der Waals surface area contributed by atoms with Gasteiger partial charge in [-0.25, -0.2) is 0 Å². The van der Waals surface area contributed by atoms with Gasteiger partial charge in [0, 0.05) is 11.7 Å². The predicted molar refractivity (Wildman–Crippen MR) is 95.2 cm³/mol. The molecule has 0 spiro atoms. The molecule has 0 bridgehead atoms. The number of likely N-dealkylation sites (tertiary alicyclic amines) is 1. The van der Waals surface area contributed by atoms with E-state index in [1.54, 1.807) is 18.2 Å². The maximum Gasteiger partial charge on any atom is 0.238 e.